The van der Waals surface area contributed by atoms with E-state index in [1.807, 2.05) is 34.7 Å². The van der Waals surface area contributed by atoms with Crippen molar-refractivity contribution in [2.24, 2.45) is 5.41 Å². The third kappa shape index (κ3) is 4.48. The number of hydrogen-bond donors (Lipinski definition) is 2. The van der Waals surface area contributed by atoms with Crippen LogP contribution in [0.2, 0.25) is 0 Å². The topological polar surface area (TPSA) is 79.3 Å². The van der Waals surface area contributed by atoms with Crippen LogP contribution in [0.1, 0.15) is 49.2 Å². The van der Waals surface area contributed by atoms with Crippen molar-refractivity contribution in [2.75, 3.05) is 20.6 Å². The van der Waals surface area contributed by atoms with Gasteiger partial charge in [-0.2, -0.15) is 0 Å². The highest BCUT2D eigenvalue weighted by Gasteiger charge is 2.27. The van der Waals surface area contributed by atoms with Crippen LogP contribution in [0.4, 0.5) is 0 Å². The Morgan fingerprint density at radius 2 is 1.92 bits per heavy atom. The van der Waals surface area contributed by atoms with Crippen molar-refractivity contribution < 1.29 is 9.59 Å². The molecule has 7 heteroatoms. The Morgan fingerprint density at radius 1 is 1.24 bits per heavy atom. The van der Waals surface area contributed by atoms with Crippen LogP contribution in [-0.2, 0) is 17.9 Å². The summed E-state index contributed by atoms with van der Waals surface area (Å²) in [6.45, 7) is 10.3. The highest BCUT2D eigenvalue weighted by atomic mass is 16.2. The molecule has 1 aliphatic heterocycles. The molecule has 0 spiro atoms. The Balaban J connectivity index is 2.34. The highest BCUT2D eigenvalue weighted by Crippen LogP contribution is 2.24. The molecule has 0 atom stereocenters. The summed E-state index contributed by atoms with van der Waals surface area (Å²) in [5.74, 6) is 0.338. The van der Waals surface area contributed by atoms with Gasteiger partial charge in [0.25, 0.3) is 5.91 Å². The largest absolute Gasteiger partial charge is 0.356 e. The average molecular weight is 347 g/mol. The molecule has 0 aliphatic carbocycles. The Kier molecular flexibility index (Phi) is 5.67. The maximum Gasteiger partial charge on any atom is 0.275 e. The van der Waals surface area contributed by atoms with Crippen molar-refractivity contribution in [3.63, 3.8) is 0 Å². The van der Waals surface area contributed by atoms with E-state index in [0.717, 1.165) is 31.0 Å². The summed E-state index contributed by atoms with van der Waals surface area (Å²) in [6, 6.07) is 0. The van der Waals surface area contributed by atoms with Crippen LogP contribution in [0.3, 0.4) is 0 Å². The van der Waals surface area contributed by atoms with Crippen molar-refractivity contribution in [1.29, 1.82) is 0 Å². The first-order chi connectivity index (χ1) is 11.6. The first kappa shape index (κ1) is 19.2. The van der Waals surface area contributed by atoms with Gasteiger partial charge in [0, 0.05) is 37.3 Å². The molecule has 0 bridgehead atoms. The van der Waals surface area contributed by atoms with E-state index in [9.17, 15) is 9.59 Å². The second-order valence-electron chi connectivity index (χ2n) is 7.57. The lowest BCUT2D eigenvalue weighted by atomic mass is 9.91. The molecule has 1 aliphatic rings. The molecule has 7 nitrogen and oxygen atoms in total. The maximum atomic E-state index is 12.9. The molecule has 0 saturated carbocycles. The Bertz CT molecular complexity index is 697. The number of hydrogen-bond acceptors (Lipinski definition) is 4. The Hall–Kier alpha value is -2.15. The van der Waals surface area contributed by atoms with Crippen molar-refractivity contribution in [3.8, 4) is 0 Å². The standard InChI is InChI=1S/C18H29N5O2/c1-12-20-16(13-11-22(6)8-7-9-23(12)13)17(25)21-14(18(2,3)4)10-15(24)19-5/h10H,7-9,11H2,1-6H3,(H,19,24)(H,21,25)/b14-10-. The predicted octanol–water partition coefficient (Wildman–Crippen LogP) is 1.43. The number of nitrogens with one attached hydrogen (secondary N) is 2. The number of fused-ring (bicyclic) bond motifs is 1. The monoisotopic (exact) mass is 347 g/mol. The molecular formula is C18H29N5O2. The zero-order chi connectivity index (χ0) is 18.8. The van der Waals surface area contributed by atoms with E-state index in [2.05, 4.69) is 25.1 Å². The van der Waals surface area contributed by atoms with Gasteiger partial charge in [-0.05, 0) is 26.9 Å². The van der Waals surface area contributed by atoms with Gasteiger partial charge in [0.15, 0.2) is 5.69 Å². The van der Waals surface area contributed by atoms with Crippen LogP contribution in [0.5, 0.6) is 0 Å². The molecule has 25 heavy (non-hydrogen) atoms. The van der Waals surface area contributed by atoms with Gasteiger partial charge in [-0.3, -0.25) is 9.59 Å². The van der Waals surface area contributed by atoms with E-state index in [4.69, 9.17) is 0 Å². The van der Waals surface area contributed by atoms with Gasteiger partial charge in [-0.1, -0.05) is 20.8 Å². The highest BCUT2D eigenvalue weighted by molar-refractivity contribution is 5.96. The number of rotatable bonds is 3. The van der Waals surface area contributed by atoms with E-state index in [-0.39, 0.29) is 17.2 Å². The van der Waals surface area contributed by atoms with Crippen LogP contribution in [-0.4, -0.2) is 46.9 Å². The third-order valence-electron chi connectivity index (χ3n) is 4.40. The zero-order valence-electron chi connectivity index (χ0n) is 16.1. The summed E-state index contributed by atoms with van der Waals surface area (Å²) in [6.07, 6.45) is 2.47. The smallest absolute Gasteiger partial charge is 0.275 e. The van der Waals surface area contributed by atoms with Crippen molar-refractivity contribution in [3.05, 3.63) is 29.0 Å². The summed E-state index contributed by atoms with van der Waals surface area (Å²) in [5.41, 5.74) is 1.57. The van der Waals surface area contributed by atoms with Crippen molar-refractivity contribution in [1.82, 2.24) is 25.1 Å². The molecule has 2 amide bonds. The molecule has 0 aromatic carbocycles. The summed E-state index contributed by atoms with van der Waals surface area (Å²) < 4.78 is 2.12. The molecule has 0 fully saturated rings. The lowest BCUT2D eigenvalue weighted by molar-refractivity contribution is -0.116. The second-order valence-corrected chi connectivity index (χ2v) is 7.57. The number of carbonyl (C=O) groups is 2. The molecule has 2 heterocycles. The Morgan fingerprint density at radius 3 is 2.52 bits per heavy atom. The minimum absolute atomic E-state index is 0.246. The molecular weight excluding hydrogens is 318 g/mol. The van der Waals surface area contributed by atoms with Crippen LogP contribution in [0.25, 0.3) is 0 Å². The maximum absolute atomic E-state index is 12.9. The fraction of sp³-hybridized carbons (Fsp3) is 0.611. The van der Waals surface area contributed by atoms with Crippen molar-refractivity contribution in [2.45, 2.75) is 47.2 Å². The number of likely N-dealkylation sites (N-methyl/N-ethyl adjacent to an activating group) is 1. The van der Waals surface area contributed by atoms with E-state index in [1.165, 1.54) is 6.08 Å². The van der Waals surface area contributed by atoms with E-state index in [1.54, 1.807) is 7.05 Å². The minimum atomic E-state index is -0.370. The van der Waals surface area contributed by atoms with Gasteiger partial charge >= 0.3 is 0 Å². The van der Waals surface area contributed by atoms with Crippen molar-refractivity contribution >= 4 is 11.8 Å². The first-order valence-corrected chi connectivity index (χ1v) is 8.63. The number of nitrogens with zero attached hydrogens (tertiary/aromatic N) is 3. The van der Waals surface area contributed by atoms with Gasteiger partial charge in [-0.15, -0.1) is 0 Å². The number of allylic oxidation sites excluding steroid dienone is 1. The zero-order valence-corrected chi connectivity index (χ0v) is 16.1. The average Bonchev–Trinajstić information content (AvgIpc) is 2.69. The van der Waals surface area contributed by atoms with Gasteiger partial charge in [0.05, 0.1) is 5.69 Å². The Labute approximate surface area is 149 Å². The lowest BCUT2D eigenvalue weighted by Gasteiger charge is -2.23. The van der Waals surface area contributed by atoms with Crippen LogP contribution >= 0.6 is 0 Å². The normalized spacial score (nSPS) is 16.2. The fourth-order valence-corrected chi connectivity index (χ4v) is 2.91. The molecule has 1 aromatic rings. The number of amides is 2. The number of carbonyl (C=O) groups excluding carboxylic acids is 2. The first-order valence-electron chi connectivity index (χ1n) is 8.63. The molecule has 138 valence electrons. The molecule has 2 rings (SSSR count). The lowest BCUT2D eigenvalue weighted by Crippen LogP contribution is -2.33. The van der Waals surface area contributed by atoms with Crippen LogP contribution in [0, 0.1) is 12.3 Å². The van der Waals surface area contributed by atoms with Crippen LogP contribution in [0.15, 0.2) is 11.8 Å². The predicted molar refractivity (Wildman–Crippen MR) is 97.0 cm³/mol. The van der Waals surface area contributed by atoms with E-state index in [0.29, 0.717) is 17.9 Å². The SMILES string of the molecule is CNC(=O)/C=C(\NC(=O)c1nc(C)n2c1CN(C)CCC2)C(C)(C)C. The molecule has 2 N–H and O–H groups in total. The third-order valence-corrected chi connectivity index (χ3v) is 4.40. The molecule has 0 unspecified atom stereocenters. The molecule has 0 saturated heterocycles. The summed E-state index contributed by atoms with van der Waals surface area (Å²) in [7, 11) is 3.61. The van der Waals surface area contributed by atoms with Gasteiger partial charge in [-0.25, -0.2) is 4.98 Å². The van der Waals surface area contributed by atoms with Gasteiger partial charge in [0.1, 0.15) is 5.82 Å². The van der Waals surface area contributed by atoms with Gasteiger partial charge < -0.3 is 20.1 Å². The minimum Gasteiger partial charge on any atom is -0.356 e. The van der Waals surface area contributed by atoms with E-state index >= 15 is 0 Å². The number of aromatic nitrogens is 2. The molecule has 1 aromatic heterocycles. The fourth-order valence-electron chi connectivity index (χ4n) is 2.91. The second kappa shape index (κ2) is 7.39. The van der Waals surface area contributed by atoms with E-state index < -0.39 is 0 Å². The number of aryl methyl sites for hydroxylation is 1. The summed E-state index contributed by atoms with van der Waals surface area (Å²) >= 11 is 0. The summed E-state index contributed by atoms with van der Waals surface area (Å²) in [5, 5.41) is 5.46. The number of imidazole rings is 1. The molecule has 0 radical (unpaired) electrons. The van der Waals surface area contributed by atoms with Gasteiger partial charge in [0.2, 0.25) is 5.91 Å². The summed E-state index contributed by atoms with van der Waals surface area (Å²) in [4.78, 5) is 31.3. The van der Waals surface area contributed by atoms with Crippen LogP contribution < -0.4 is 10.6 Å². The quantitative estimate of drug-likeness (QED) is 0.811.